The van der Waals surface area contributed by atoms with E-state index in [1.807, 2.05) is 0 Å². The number of hydrogen-bond donors (Lipinski definition) is 4. The number of hydrogen-bond acceptors (Lipinski definition) is 9. The Morgan fingerprint density at radius 1 is 0.650 bits per heavy atom. The summed E-state index contributed by atoms with van der Waals surface area (Å²) in [6.07, 6.45) is 5.75. The van der Waals surface area contributed by atoms with Crippen LogP contribution >= 0.6 is 0 Å². The summed E-state index contributed by atoms with van der Waals surface area (Å²) in [6, 6.07) is 9.43. The van der Waals surface area contributed by atoms with Gasteiger partial charge in [0.05, 0.1) is 12.1 Å². The van der Waals surface area contributed by atoms with Crippen LogP contribution in [0.15, 0.2) is 46.4 Å². The van der Waals surface area contributed by atoms with Gasteiger partial charge in [-0.25, -0.2) is 0 Å². The molecule has 0 aliphatic heterocycles. The molecule has 1 aliphatic carbocycles. The Bertz CT molecular complexity index is 897. The van der Waals surface area contributed by atoms with Crippen LogP contribution in [0.25, 0.3) is 0 Å². The van der Waals surface area contributed by atoms with Crippen molar-refractivity contribution in [1.82, 2.24) is 0 Å². The summed E-state index contributed by atoms with van der Waals surface area (Å²) >= 11 is 0. The molecule has 0 amide bonds. The monoisotopic (exact) mass is 746 g/mol. The van der Waals surface area contributed by atoms with E-state index in [4.69, 9.17) is 0 Å². The fourth-order valence-corrected chi connectivity index (χ4v) is 3.10. The van der Waals surface area contributed by atoms with Crippen LogP contribution in [-0.4, -0.2) is 63.3 Å². The summed E-state index contributed by atoms with van der Waals surface area (Å²) in [6.45, 7) is 9.67. The van der Waals surface area contributed by atoms with Crippen LogP contribution in [0.2, 0.25) is 0 Å². The van der Waals surface area contributed by atoms with E-state index in [-0.39, 0.29) is 92.5 Å². The van der Waals surface area contributed by atoms with Crippen molar-refractivity contribution in [2.24, 2.45) is 9.98 Å². The van der Waals surface area contributed by atoms with Gasteiger partial charge in [0.1, 0.15) is 0 Å². The van der Waals surface area contributed by atoms with Crippen LogP contribution < -0.4 is 15.3 Å². The maximum Gasteiger partial charge on any atom is 3.00 e. The summed E-state index contributed by atoms with van der Waals surface area (Å²) in [5.41, 5.74) is 0.924. The zero-order valence-corrected chi connectivity index (χ0v) is 27.5. The van der Waals surface area contributed by atoms with Crippen LogP contribution in [0, 0.1) is 40.4 Å². The molecule has 0 aromatic heterocycles. The van der Waals surface area contributed by atoms with Crippen molar-refractivity contribution >= 4 is 12.4 Å². The Morgan fingerprint density at radius 3 is 1.20 bits per heavy atom. The van der Waals surface area contributed by atoms with Crippen molar-refractivity contribution in [2.45, 2.75) is 97.6 Å². The Labute approximate surface area is 281 Å². The van der Waals surface area contributed by atoms with Crippen LogP contribution in [-0.2, 0) is 17.1 Å². The topological polar surface area (TPSA) is 175 Å². The molecule has 1 fully saturated rings. The van der Waals surface area contributed by atoms with Gasteiger partial charge in [-0.05, 0) is 37.1 Å². The molecule has 0 saturated heterocycles. The average molecular weight is 746 g/mol. The smallest absolute Gasteiger partial charge is 0.852 e. The molecule has 2 atom stereocenters. The number of aromatic hydroxyl groups is 4. The van der Waals surface area contributed by atoms with Crippen molar-refractivity contribution in [3.05, 3.63) is 47.5 Å². The average Bonchev–Trinajstić information content (AvgIpc) is 2.80. The molecule has 4 N–H and O–H groups in total. The van der Waals surface area contributed by atoms with E-state index >= 15 is 0 Å². The molecule has 1 saturated carbocycles. The van der Waals surface area contributed by atoms with E-state index in [9.17, 15) is 35.7 Å². The fourth-order valence-electron chi connectivity index (χ4n) is 3.10. The van der Waals surface area contributed by atoms with Crippen molar-refractivity contribution in [3.8, 4) is 23.0 Å². The number of phenols is 4. The van der Waals surface area contributed by atoms with Gasteiger partial charge in [0.2, 0.25) is 0 Å². The fraction of sp³-hybridized carbons (Fsp3) is 0.517. The molecule has 1 aliphatic rings. The maximum absolute atomic E-state index is 9.88. The molecule has 0 heterocycles. The first-order chi connectivity index (χ1) is 17.8. The van der Waals surface area contributed by atoms with Gasteiger partial charge in [-0.2, -0.15) is 0 Å². The zero-order valence-electron chi connectivity index (χ0n) is 24.0. The molecule has 2 aromatic rings. The molecule has 11 heteroatoms. The van der Waals surface area contributed by atoms with Crippen LogP contribution in [0.3, 0.4) is 0 Å². The number of aliphatic imine (C=N–C) groups is 2. The van der Waals surface area contributed by atoms with E-state index in [2.05, 4.69) is 9.98 Å². The quantitative estimate of drug-likeness (QED) is 0.212. The molecular weight excluding hydrogens is 702 g/mol. The molecule has 3 rings (SSSR count). The summed E-state index contributed by atoms with van der Waals surface area (Å²) in [5.74, 6) is -0.716. The van der Waals surface area contributed by atoms with E-state index in [1.165, 1.54) is 12.1 Å². The summed E-state index contributed by atoms with van der Waals surface area (Å²) in [7, 11) is 0. The normalized spacial score (nSPS) is 16.2. The third-order valence-corrected chi connectivity index (χ3v) is 4.60. The molecule has 9 nitrogen and oxygen atoms in total. The predicted octanol–water partition coefficient (Wildman–Crippen LogP) is 2.62. The third-order valence-electron chi connectivity index (χ3n) is 4.60. The van der Waals surface area contributed by atoms with E-state index in [0.29, 0.717) is 11.1 Å². The second kappa shape index (κ2) is 24.3. The van der Waals surface area contributed by atoms with E-state index in [1.54, 1.807) is 78.2 Å². The molecule has 0 spiro atoms. The molecule has 0 bridgehead atoms. The second-order valence-corrected chi connectivity index (χ2v) is 9.55. The third kappa shape index (κ3) is 20.6. The van der Waals surface area contributed by atoms with Crippen LogP contribution in [0.1, 0.15) is 78.4 Å². The second-order valence-electron chi connectivity index (χ2n) is 9.55. The molecule has 2 radical (unpaired) electrons. The summed E-state index contributed by atoms with van der Waals surface area (Å²) in [4.78, 5) is 9.13. The Kier molecular flexibility index (Phi) is 26.3. The van der Waals surface area contributed by atoms with Gasteiger partial charge in [0, 0.05) is 40.6 Å². The van der Waals surface area contributed by atoms with Gasteiger partial charge in [0.15, 0.2) is 23.0 Å². The SMILES string of the molecule is CC(C)[O-].CC(C)[O-].CC(C)[O-].Oc1cccc(C=N[C@@H]2CCCC[C@H]2N=Cc2cccc(O)c2O)c1O.[Cu].[Sm+3]. The number of phenolic OH excluding ortho intramolecular Hbond substituents is 4. The van der Waals surface area contributed by atoms with E-state index in [0.717, 1.165) is 25.7 Å². The van der Waals surface area contributed by atoms with Crippen LogP contribution in [0.5, 0.6) is 23.0 Å². The standard InChI is InChI=1S/C20H22N2O4.3C3H7O.Cu.Sm/c23-17-9-3-5-13(19(17)25)11-21-15-7-1-2-8-16(15)22-12-14-6-4-10-18(24)20(14)26;3*1-3(2)4;;/h3-6,9-12,15-16,23-26H,1-2,7-8H2;3*3H,1-2H3;;/q;3*-1;;+3/t15-,16-;;;;;/m1...../s1. The molecule has 2 aromatic carbocycles. The molecule has 40 heavy (non-hydrogen) atoms. The number of benzene rings is 2. The Hall–Kier alpha value is -1.28. The van der Waals surface area contributed by atoms with Gasteiger partial charge < -0.3 is 35.7 Å². The first-order valence-corrected chi connectivity index (χ1v) is 12.8. The summed E-state index contributed by atoms with van der Waals surface area (Å²) < 4.78 is 0. The van der Waals surface area contributed by atoms with Crippen molar-refractivity contribution in [3.63, 3.8) is 0 Å². The summed E-state index contributed by atoms with van der Waals surface area (Å²) in [5, 5.41) is 67.5. The largest absolute Gasteiger partial charge is 3.00 e. The zero-order chi connectivity index (χ0) is 29.3. The molecular formula is C29H43CuN2O7Sm. The van der Waals surface area contributed by atoms with Crippen molar-refractivity contribution < 1.29 is 93.2 Å². The number of rotatable bonds is 4. The predicted molar refractivity (Wildman–Crippen MR) is 146 cm³/mol. The first kappa shape index (κ1) is 43.2. The van der Waals surface area contributed by atoms with Gasteiger partial charge in [-0.3, -0.25) is 9.98 Å². The number of nitrogens with zero attached hydrogens (tertiary/aromatic N) is 2. The van der Waals surface area contributed by atoms with E-state index < -0.39 is 18.3 Å². The number of para-hydroxylation sites is 2. The first-order valence-electron chi connectivity index (χ1n) is 12.8. The van der Waals surface area contributed by atoms with Gasteiger partial charge in [-0.1, -0.05) is 66.5 Å². The van der Waals surface area contributed by atoms with Gasteiger partial charge in [-0.15, -0.1) is 18.3 Å². The minimum Gasteiger partial charge on any atom is -0.852 e. The minimum atomic E-state index is -0.417. The van der Waals surface area contributed by atoms with Crippen molar-refractivity contribution in [1.29, 1.82) is 0 Å². The van der Waals surface area contributed by atoms with Gasteiger partial charge >= 0.3 is 40.4 Å². The van der Waals surface area contributed by atoms with Gasteiger partial charge in [0.25, 0.3) is 0 Å². The molecule has 228 valence electrons. The molecule has 0 unspecified atom stereocenters. The minimum absolute atomic E-state index is 0. The Morgan fingerprint density at radius 2 is 0.925 bits per heavy atom. The van der Waals surface area contributed by atoms with Crippen molar-refractivity contribution in [2.75, 3.05) is 0 Å². The van der Waals surface area contributed by atoms with Crippen LogP contribution in [0.4, 0.5) is 0 Å². The Balaban J connectivity index is -0.000000832. The maximum atomic E-state index is 9.88.